The summed E-state index contributed by atoms with van der Waals surface area (Å²) in [5.74, 6) is 0. The van der Waals surface area contributed by atoms with Crippen LogP contribution in [0.1, 0.15) is 48.2 Å². The maximum atomic E-state index is 12.8. The largest absolute Gasteiger partial charge is 0.272 e. The molecule has 23 heavy (non-hydrogen) atoms. The lowest BCUT2D eigenvalue weighted by Gasteiger charge is -2.15. The monoisotopic (exact) mass is 339 g/mol. The molecule has 0 aliphatic heterocycles. The number of aryl methyl sites for hydroxylation is 4. The number of hydrogen-bond acceptors (Lipinski definition) is 4. The third kappa shape index (κ3) is 3.05. The smallest absolute Gasteiger partial charge is 0.244 e. The molecule has 1 atom stereocenters. The van der Waals surface area contributed by atoms with Crippen molar-refractivity contribution in [2.45, 2.75) is 59.0 Å². The van der Waals surface area contributed by atoms with Crippen LogP contribution in [0.5, 0.6) is 0 Å². The molecule has 0 aliphatic rings. The maximum absolute atomic E-state index is 12.8. The molecule has 0 saturated heterocycles. The fourth-order valence-electron chi connectivity index (χ4n) is 3.14. The van der Waals surface area contributed by atoms with Gasteiger partial charge in [0.1, 0.15) is 4.90 Å². The summed E-state index contributed by atoms with van der Waals surface area (Å²) in [6, 6.07) is -0.363. The van der Waals surface area contributed by atoms with Gasteiger partial charge in [-0.05, 0) is 41.5 Å². The summed E-state index contributed by atoms with van der Waals surface area (Å²) in [6.07, 6.45) is 0. The zero-order valence-corrected chi connectivity index (χ0v) is 15.6. The Hall–Kier alpha value is -1.67. The molecule has 0 aliphatic carbocycles. The summed E-state index contributed by atoms with van der Waals surface area (Å²) in [5, 5.41) is 8.65. The maximum Gasteiger partial charge on any atom is 0.244 e. The quantitative estimate of drug-likeness (QED) is 0.902. The predicted molar refractivity (Wildman–Crippen MR) is 88.8 cm³/mol. The van der Waals surface area contributed by atoms with E-state index in [1.807, 2.05) is 34.7 Å². The molecule has 0 saturated carbocycles. The van der Waals surface area contributed by atoms with Gasteiger partial charge in [-0.25, -0.2) is 13.1 Å². The molecule has 0 spiro atoms. The van der Waals surface area contributed by atoms with Crippen LogP contribution in [0.4, 0.5) is 0 Å². The van der Waals surface area contributed by atoms with Crippen LogP contribution in [-0.4, -0.2) is 28.0 Å². The first kappa shape index (κ1) is 17.7. The molecular weight excluding hydrogens is 314 g/mol. The van der Waals surface area contributed by atoms with Gasteiger partial charge in [0.15, 0.2) is 0 Å². The van der Waals surface area contributed by atoms with Crippen LogP contribution in [-0.2, 0) is 23.6 Å². The van der Waals surface area contributed by atoms with E-state index < -0.39 is 10.0 Å². The van der Waals surface area contributed by atoms with E-state index >= 15 is 0 Å². The second-order valence-electron chi connectivity index (χ2n) is 5.87. The molecule has 8 heteroatoms. The second-order valence-corrected chi connectivity index (χ2v) is 7.52. The molecule has 0 amide bonds. The van der Waals surface area contributed by atoms with Gasteiger partial charge in [0.05, 0.1) is 17.1 Å². The minimum absolute atomic E-state index is 0.269. The molecule has 7 nitrogen and oxygen atoms in total. The van der Waals surface area contributed by atoms with E-state index in [9.17, 15) is 8.42 Å². The Kier molecular flexibility index (Phi) is 4.68. The zero-order valence-electron chi connectivity index (χ0n) is 14.8. The standard InChI is InChI=1S/C15H25N5O2S/c1-8-20-13(6)15(11(4)17-20)23(21,22)18-10(3)14-9(2)16-19(7)12(14)5/h10,18H,8H2,1-7H3/t10-/m0/s1. The Labute approximate surface area is 137 Å². The van der Waals surface area contributed by atoms with Crippen molar-refractivity contribution in [2.75, 3.05) is 0 Å². The van der Waals surface area contributed by atoms with E-state index in [0.29, 0.717) is 17.9 Å². The molecular formula is C15H25N5O2S. The highest BCUT2D eigenvalue weighted by Gasteiger charge is 2.28. The number of hydrogen-bond donors (Lipinski definition) is 1. The number of nitrogens with one attached hydrogen (secondary N) is 1. The summed E-state index contributed by atoms with van der Waals surface area (Å²) in [6.45, 7) is 11.7. The van der Waals surface area contributed by atoms with E-state index in [2.05, 4.69) is 14.9 Å². The molecule has 2 aromatic rings. The van der Waals surface area contributed by atoms with Gasteiger partial charge >= 0.3 is 0 Å². The highest BCUT2D eigenvalue weighted by molar-refractivity contribution is 7.89. The van der Waals surface area contributed by atoms with E-state index in [-0.39, 0.29) is 10.9 Å². The molecule has 2 rings (SSSR count). The first-order valence-electron chi connectivity index (χ1n) is 7.66. The van der Waals surface area contributed by atoms with Gasteiger partial charge in [0.25, 0.3) is 0 Å². The lowest BCUT2D eigenvalue weighted by Crippen LogP contribution is -2.28. The van der Waals surface area contributed by atoms with Crippen molar-refractivity contribution in [1.29, 1.82) is 0 Å². The predicted octanol–water partition coefficient (Wildman–Crippen LogP) is 1.91. The number of sulfonamides is 1. The Morgan fingerprint density at radius 1 is 1.09 bits per heavy atom. The summed E-state index contributed by atoms with van der Waals surface area (Å²) in [4.78, 5) is 0.269. The average Bonchev–Trinajstić information content (AvgIpc) is 2.85. The Morgan fingerprint density at radius 3 is 2.13 bits per heavy atom. The van der Waals surface area contributed by atoms with Gasteiger partial charge in [0, 0.05) is 30.9 Å². The lowest BCUT2D eigenvalue weighted by atomic mass is 10.1. The summed E-state index contributed by atoms with van der Waals surface area (Å²) >= 11 is 0. The molecule has 128 valence electrons. The van der Waals surface area contributed by atoms with Gasteiger partial charge in [-0.15, -0.1) is 0 Å². The molecule has 0 fully saturated rings. The highest BCUT2D eigenvalue weighted by atomic mass is 32.2. The molecule has 2 aromatic heterocycles. The van der Waals surface area contributed by atoms with Gasteiger partial charge in [-0.2, -0.15) is 10.2 Å². The van der Waals surface area contributed by atoms with E-state index in [0.717, 1.165) is 17.0 Å². The Bertz CT molecular complexity index is 833. The Morgan fingerprint density at radius 2 is 1.70 bits per heavy atom. The summed E-state index contributed by atoms with van der Waals surface area (Å²) in [5.41, 5.74) is 3.87. The first-order valence-corrected chi connectivity index (χ1v) is 9.14. The van der Waals surface area contributed by atoms with Crippen LogP contribution in [0, 0.1) is 27.7 Å². The summed E-state index contributed by atoms with van der Waals surface area (Å²) in [7, 11) is -1.80. The summed E-state index contributed by atoms with van der Waals surface area (Å²) < 4.78 is 31.9. The normalized spacial score (nSPS) is 13.5. The molecule has 2 heterocycles. The van der Waals surface area contributed by atoms with Crippen LogP contribution >= 0.6 is 0 Å². The van der Waals surface area contributed by atoms with E-state index in [4.69, 9.17) is 0 Å². The van der Waals surface area contributed by atoms with Crippen molar-refractivity contribution in [3.05, 3.63) is 28.3 Å². The second kappa shape index (κ2) is 6.09. The fourth-order valence-corrected chi connectivity index (χ4v) is 4.77. The number of aromatic nitrogens is 4. The van der Waals surface area contributed by atoms with Gasteiger partial charge < -0.3 is 0 Å². The van der Waals surface area contributed by atoms with Crippen molar-refractivity contribution in [3.63, 3.8) is 0 Å². The van der Waals surface area contributed by atoms with E-state index in [1.165, 1.54) is 0 Å². The van der Waals surface area contributed by atoms with Crippen molar-refractivity contribution in [1.82, 2.24) is 24.3 Å². The van der Waals surface area contributed by atoms with Crippen LogP contribution < -0.4 is 4.72 Å². The first-order chi connectivity index (χ1) is 10.6. The van der Waals surface area contributed by atoms with Crippen LogP contribution in [0.25, 0.3) is 0 Å². The Balaban J connectivity index is 2.41. The minimum atomic E-state index is -3.65. The van der Waals surface area contributed by atoms with Gasteiger partial charge in [-0.3, -0.25) is 9.36 Å². The fraction of sp³-hybridized carbons (Fsp3) is 0.600. The lowest BCUT2D eigenvalue weighted by molar-refractivity contribution is 0.563. The van der Waals surface area contributed by atoms with Gasteiger partial charge in [-0.1, -0.05) is 0 Å². The zero-order chi connectivity index (χ0) is 17.5. The minimum Gasteiger partial charge on any atom is -0.272 e. The van der Waals surface area contributed by atoms with Crippen molar-refractivity contribution in [3.8, 4) is 0 Å². The van der Waals surface area contributed by atoms with Crippen LogP contribution in [0.15, 0.2) is 4.90 Å². The highest BCUT2D eigenvalue weighted by Crippen LogP contribution is 2.25. The molecule has 0 unspecified atom stereocenters. The SMILES string of the molecule is CCn1nc(C)c(S(=O)(=O)N[C@@H](C)c2c(C)nn(C)c2C)c1C. The van der Waals surface area contributed by atoms with E-state index in [1.54, 1.807) is 23.2 Å². The van der Waals surface area contributed by atoms with Crippen LogP contribution in [0.2, 0.25) is 0 Å². The topological polar surface area (TPSA) is 81.8 Å². The van der Waals surface area contributed by atoms with Crippen molar-refractivity contribution in [2.24, 2.45) is 7.05 Å². The molecule has 0 aromatic carbocycles. The molecule has 0 bridgehead atoms. The number of nitrogens with zero attached hydrogens (tertiary/aromatic N) is 4. The molecule has 1 N–H and O–H groups in total. The van der Waals surface area contributed by atoms with Gasteiger partial charge in [0.2, 0.25) is 10.0 Å². The third-order valence-electron chi connectivity index (χ3n) is 4.21. The number of rotatable bonds is 5. The van der Waals surface area contributed by atoms with Crippen molar-refractivity contribution >= 4 is 10.0 Å². The third-order valence-corrected chi connectivity index (χ3v) is 6.01. The van der Waals surface area contributed by atoms with Crippen LogP contribution in [0.3, 0.4) is 0 Å². The average molecular weight is 339 g/mol. The van der Waals surface area contributed by atoms with Crippen molar-refractivity contribution < 1.29 is 8.42 Å². The molecule has 0 radical (unpaired) electrons.